The highest BCUT2D eigenvalue weighted by Crippen LogP contribution is 2.37. The number of esters is 1. The molecule has 2 heterocycles. The molecule has 1 fully saturated rings. The fraction of sp³-hybridized carbons (Fsp3) is 0.400. The first-order valence-electron chi connectivity index (χ1n) is 10.8. The number of aryl methyl sites for hydroxylation is 1. The average molecular weight is 407 g/mol. The maximum absolute atomic E-state index is 12.0. The molecule has 1 aliphatic heterocycles. The second kappa shape index (κ2) is 8.92. The molecule has 1 aliphatic rings. The number of nitrogens with zero attached hydrogens (tertiary/aromatic N) is 1. The molecule has 0 aliphatic carbocycles. The molecule has 1 saturated heterocycles. The van der Waals surface area contributed by atoms with Gasteiger partial charge in [0.25, 0.3) is 0 Å². The van der Waals surface area contributed by atoms with Crippen molar-refractivity contribution in [2.24, 2.45) is 0 Å². The number of ether oxygens (including phenoxy) is 2. The van der Waals surface area contributed by atoms with Crippen LogP contribution in [0.3, 0.4) is 0 Å². The summed E-state index contributed by atoms with van der Waals surface area (Å²) in [6.45, 7) is 6.21. The predicted molar refractivity (Wildman–Crippen MR) is 119 cm³/mol. The number of methoxy groups -OCH3 is 1. The number of piperidine rings is 1. The third kappa shape index (κ3) is 3.94. The summed E-state index contributed by atoms with van der Waals surface area (Å²) < 4.78 is 10.9. The highest BCUT2D eigenvalue weighted by molar-refractivity contribution is 5.89. The number of aromatic nitrogens is 1. The van der Waals surface area contributed by atoms with Crippen LogP contribution in [0.5, 0.6) is 5.75 Å². The molecule has 1 unspecified atom stereocenters. The van der Waals surface area contributed by atoms with Gasteiger partial charge in [-0.2, -0.15) is 0 Å². The monoisotopic (exact) mass is 406 g/mol. The van der Waals surface area contributed by atoms with Crippen LogP contribution in [0.15, 0.2) is 42.6 Å². The Kier molecular flexibility index (Phi) is 6.09. The third-order valence-corrected chi connectivity index (χ3v) is 6.11. The summed E-state index contributed by atoms with van der Waals surface area (Å²) in [5.74, 6) is 0.686. The molecule has 30 heavy (non-hydrogen) atoms. The van der Waals surface area contributed by atoms with Crippen molar-refractivity contribution in [2.45, 2.75) is 45.7 Å². The van der Waals surface area contributed by atoms with Crippen LogP contribution in [0, 0.1) is 6.92 Å². The van der Waals surface area contributed by atoms with Gasteiger partial charge in [-0.25, -0.2) is 4.79 Å². The van der Waals surface area contributed by atoms with Crippen LogP contribution in [0.2, 0.25) is 0 Å². The van der Waals surface area contributed by atoms with Gasteiger partial charge in [-0.1, -0.05) is 18.6 Å². The van der Waals surface area contributed by atoms with Crippen molar-refractivity contribution in [3.63, 3.8) is 0 Å². The zero-order valence-corrected chi connectivity index (χ0v) is 18.0. The Balaban J connectivity index is 1.62. The van der Waals surface area contributed by atoms with E-state index in [0.717, 1.165) is 25.3 Å². The van der Waals surface area contributed by atoms with Gasteiger partial charge in [-0.05, 0) is 68.6 Å². The molecule has 2 aromatic carbocycles. The van der Waals surface area contributed by atoms with Crippen molar-refractivity contribution in [1.82, 2.24) is 9.88 Å². The van der Waals surface area contributed by atoms with Gasteiger partial charge in [-0.15, -0.1) is 0 Å². The van der Waals surface area contributed by atoms with Crippen LogP contribution in [0.4, 0.5) is 0 Å². The minimum Gasteiger partial charge on any atom is -0.496 e. The van der Waals surface area contributed by atoms with E-state index in [1.54, 1.807) is 7.11 Å². The van der Waals surface area contributed by atoms with E-state index < -0.39 is 0 Å². The fourth-order valence-corrected chi connectivity index (χ4v) is 4.60. The van der Waals surface area contributed by atoms with E-state index in [0.29, 0.717) is 18.2 Å². The number of H-pyrrole nitrogens is 1. The van der Waals surface area contributed by atoms with E-state index in [2.05, 4.69) is 41.1 Å². The minimum atomic E-state index is -0.260. The van der Waals surface area contributed by atoms with E-state index in [4.69, 9.17) is 9.47 Å². The Morgan fingerprint density at radius 3 is 2.73 bits per heavy atom. The standard InChI is InChI=1S/C25H30N2O3/c1-4-30-25(28)19-10-8-18(9-11-19)22-7-5-6-14-27(22)16-21-20-12-13-26-24(20)17(2)15-23(21)29-3/h8-13,15,22,26H,4-7,14,16H2,1-3H3. The molecule has 1 aromatic heterocycles. The lowest BCUT2D eigenvalue weighted by Gasteiger charge is -2.36. The van der Waals surface area contributed by atoms with Crippen LogP contribution in [0.1, 0.15) is 59.3 Å². The maximum Gasteiger partial charge on any atom is 0.338 e. The smallest absolute Gasteiger partial charge is 0.338 e. The molecule has 0 spiro atoms. The number of aromatic amines is 1. The molecule has 0 bridgehead atoms. The number of rotatable bonds is 6. The zero-order valence-electron chi connectivity index (χ0n) is 18.0. The second-order valence-electron chi connectivity index (χ2n) is 7.97. The predicted octanol–water partition coefficient (Wildman–Crippen LogP) is 5.39. The first-order valence-corrected chi connectivity index (χ1v) is 10.8. The van der Waals surface area contributed by atoms with Crippen molar-refractivity contribution in [3.05, 3.63) is 64.8 Å². The largest absolute Gasteiger partial charge is 0.496 e. The van der Waals surface area contributed by atoms with Crippen LogP contribution in [-0.2, 0) is 11.3 Å². The molecule has 1 N–H and O–H groups in total. The number of likely N-dealkylation sites (tertiary alicyclic amines) is 1. The third-order valence-electron chi connectivity index (χ3n) is 6.11. The maximum atomic E-state index is 12.0. The van der Waals surface area contributed by atoms with Crippen molar-refractivity contribution in [1.29, 1.82) is 0 Å². The van der Waals surface area contributed by atoms with E-state index in [1.165, 1.54) is 40.4 Å². The first-order chi connectivity index (χ1) is 14.6. The quantitative estimate of drug-likeness (QED) is 0.558. The lowest BCUT2D eigenvalue weighted by Crippen LogP contribution is -2.33. The van der Waals surface area contributed by atoms with Gasteiger partial charge >= 0.3 is 5.97 Å². The van der Waals surface area contributed by atoms with Crippen LogP contribution >= 0.6 is 0 Å². The average Bonchev–Trinajstić information content (AvgIpc) is 3.27. The summed E-state index contributed by atoms with van der Waals surface area (Å²) in [7, 11) is 1.75. The fourth-order valence-electron chi connectivity index (χ4n) is 4.60. The molecule has 1 atom stereocenters. The Morgan fingerprint density at radius 2 is 2.00 bits per heavy atom. The summed E-state index contributed by atoms with van der Waals surface area (Å²) in [6.07, 6.45) is 5.53. The lowest BCUT2D eigenvalue weighted by atomic mass is 9.93. The molecule has 0 saturated carbocycles. The molecular formula is C25H30N2O3. The molecule has 4 rings (SSSR count). The number of fused-ring (bicyclic) bond motifs is 1. The lowest BCUT2D eigenvalue weighted by molar-refractivity contribution is 0.0526. The number of benzene rings is 2. The number of carbonyl (C=O) groups is 1. The van der Waals surface area contributed by atoms with Gasteiger partial charge in [0, 0.05) is 35.2 Å². The Labute approximate surface area is 178 Å². The topological polar surface area (TPSA) is 54.6 Å². The first kappa shape index (κ1) is 20.5. The van der Waals surface area contributed by atoms with Gasteiger partial charge in [0.15, 0.2) is 0 Å². The highest BCUT2D eigenvalue weighted by atomic mass is 16.5. The summed E-state index contributed by atoms with van der Waals surface area (Å²) in [4.78, 5) is 17.9. The van der Waals surface area contributed by atoms with E-state index in [9.17, 15) is 4.79 Å². The van der Waals surface area contributed by atoms with Crippen LogP contribution in [-0.4, -0.2) is 36.1 Å². The Hall–Kier alpha value is -2.79. The van der Waals surface area contributed by atoms with E-state index in [1.807, 2.05) is 25.3 Å². The SMILES string of the molecule is CCOC(=O)c1ccc(C2CCCCN2Cc2c(OC)cc(C)c3[nH]ccc23)cc1. The van der Waals surface area contributed by atoms with Gasteiger partial charge < -0.3 is 14.5 Å². The number of carbonyl (C=O) groups excluding carboxylic acids is 1. The van der Waals surface area contributed by atoms with Gasteiger partial charge in [0.2, 0.25) is 0 Å². The minimum absolute atomic E-state index is 0.260. The summed E-state index contributed by atoms with van der Waals surface area (Å²) in [5.41, 5.74) is 5.46. The van der Waals surface area contributed by atoms with Crippen molar-refractivity contribution in [2.75, 3.05) is 20.3 Å². The van der Waals surface area contributed by atoms with Crippen molar-refractivity contribution in [3.8, 4) is 5.75 Å². The van der Waals surface area contributed by atoms with Gasteiger partial charge in [0.1, 0.15) is 5.75 Å². The van der Waals surface area contributed by atoms with Crippen LogP contribution < -0.4 is 4.74 Å². The Bertz CT molecular complexity index is 1020. The van der Waals surface area contributed by atoms with Gasteiger partial charge in [0.05, 0.1) is 19.3 Å². The second-order valence-corrected chi connectivity index (χ2v) is 7.97. The van der Waals surface area contributed by atoms with Gasteiger partial charge in [-0.3, -0.25) is 4.90 Å². The molecule has 0 radical (unpaired) electrons. The number of hydrogen-bond acceptors (Lipinski definition) is 4. The molecule has 3 aromatic rings. The summed E-state index contributed by atoms with van der Waals surface area (Å²) in [5, 5.41) is 1.23. The van der Waals surface area contributed by atoms with Crippen LogP contribution in [0.25, 0.3) is 10.9 Å². The summed E-state index contributed by atoms with van der Waals surface area (Å²) >= 11 is 0. The molecular weight excluding hydrogens is 376 g/mol. The summed E-state index contributed by atoms with van der Waals surface area (Å²) in [6, 6.07) is 12.5. The molecule has 5 nitrogen and oxygen atoms in total. The van der Waals surface area contributed by atoms with E-state index in [-0.39, 0.29) is 5.97 Å². The normalized spacial score (nSPS) is 17.2. The number of hydrogen-bond donors (Lipinski definition) is 1. The van der Waals surface area contributed by atoms with Crippen molar-refractivity contribution < 1.29 is 14.3 Å². The van der Waals surface area contributed by atoms with Crippen molar-refractivity contribution >= 4 is 16.9 Å². The Morgan fingerprint density at radius 1 is 1.20 bits per heavy atom. The highest BCUT2D eigenvalue weighted by Gasteiger charge is 2.26. The van der Waals surface area contributed by atoms with E-state index >= 15 is 0 Å². The number of nitrogens with one attached hydrogen (secondary N) is 1. The molecule has 0 amide bonds. The zero-order chi connectivity index (χ0) is 21.1. The molecule has 5 heteroatoms. The molecule has 158 valence electrons.